The lowest BCUT2D eigenvalue weighted by Gasteiger charge is -2.34. The molecule has 7 heteroatoms. The Hall–Kier alpha value is -2.77. The van der Waals surface area contributed by atoms with Gasteiger partial charge in [0.25, 0.3) is 5.91 Å². The molecule has 4 N–H and O–H groups in total. The number of anilines is 1. The number of nitrogens with two attached hydrogens (primary N) is 1. The number of carbonyl (C=O) groups excluding carboxylic acids is 2. The minimum absolute atomic E-state index is 0.0703. The molecule has 3 rings (SSSR count). The number of amides is 2. The Kier molecular flexibility index (Phi) is 6.38. The molecule has 0 saturated carbocycles. The van der Waals surface area contributed by atoms with Crippen molar-refractivity contribution in [1.29, 1.82) is 0 Å². The third kappa shape index (κ3) is 4.74. The highest BCUT2D eigenvalue weighted by Gasteiger charge is 2.38. The normalized spacial score (nSPS) is 15.6. The summed E-state index contributed by atoms with van der Waals surface area (Å²) in [7, 11) is 0. The van der Waals surface area contributed by atoms with Crippen LogP contribution in [-0.2, 0) is 16.1 Å². The zero-order valence-corrected chi connectivity index (χ0v) is 15.5. The lowest BCUT2D eigenvalue weighted by molar-refractivity contribution is -0.136. The Morgan fingerprint density at radius 1 is 1.11 bits per heavy atom. The van der Waals surface area contributed by atoms with Gasteiger partial charge in [0, 0.05) is 37.6 Å². The third-order valence-electron chi connectivity index (χ3n) is 5.07. The second-order valence-corrected chi connectivity index (χ2v) is 6.94. The van der Waals surface area contributed by atoms with Gasteiger partial charge in [-0.05, 0) is 54.8 Å². The molecule has 0 spiro atoms. The monoisotopic (exact) mass is 385 g/mol. The first-order valence-electron chi connectivity index (χ1n) is 9.24. The van der Waals surface area contributed by atoms with Crippen molar-refractivity contribution in [3.63, 3.8) is 0 Å². The highest BCUT2D eigenvalue weighted by Crippen LogP contribution is 2.29. The molecule has 1 aliphatic rings. The van der Waals surface area contributed by atoms with Crippen molar-refractivity contribution >= 4 is 17.5 Å². The van der Waals surface area contributed by atoms with Gasteiger partial charge in [-0.3, -0.25) is 9.59 Å². The molecule has 148 valence electrons. The molecule has 1 fully saturated rings. The molecule has 0 unspecified atom stereocenters. The Balaban J connectivity index is 1.60. The third-order valence-corrected chi connectivity index (χ3v) is 5.07. The lowest BCUT2D eigenvalue weighted by atomic mass is 9.79. The molecular formula is C21H24FN3O3. The first-order valence-corrected chi connectivity index (χ1v) is 9.24. The average molecular weight is 385 g/mol. The number of rotatable bonds is 6. The van der Waals surface area contributed by atoms with Crippen molar-refractivity contribution in [3.8, 4) is 0 Å². The number of carbonyl (C=O) groups is 2. The highest BCUT2D eigenvalue weighted by atomic mass is 19.1. The number of hydrogen-bond acceptors (Lipinski definition) is 4. The molecule has 2 amide bonds. The quantitative estimate of drug-likeness (QED) is 0.712. The van der Waals surface area contributed by atoms with Crippen LogP contribution in [0.2, 0.25) is 0 Å². The minimum atomic E-state index is -0.577. The van der Waals surface area contributed by atoms with E-state index in [0.717, 1.165) is 5.56 Å². The molecular weight excluding hydrogens is 361 g/mol. The summed E-state index contributed by atoms with van der Waals surface area (Å²) in [5, 5.41) is 5.73. The fourth-order valence-corrected chi connectivity index (χ4v) is 3.22. The maximum Gasteiger partial charge on any atom is 0.255 e. The van der Waals surface area contributed by atoms with Crippen molar-refractivity contribution in [2.45, 2.75) is 19.4 Å². The van der Waals surface area contributed by atoms with Gasteiger partial charge in [0.15, 0.2) is 0 Å². The van der Waals surface area contributed by atoms with Gasteiger partial charge in [-0.1, -0.05) is 12.1 Å². The summed E-state index contributed by atoms with van der Waals surface area (Å²) >= 11 is 0. The summed E-state index contributed by atoms with van der Waals surface area (Å²) in [4.78, 5) is 24.9. The van der Waals surface area contributed by atoms with Crippen LogP contribution in [0.1, 0.15) is 28.8 Å². The zero-order valence-electron chi connectivity index (χ0n) is 15.5. The van der Waals surface area contributed by atoms with Crippen LogP contribution in [0.5, 0.6) is 0 Å². The van der Waals surface area contributed by atoms with E-state index in [1.807, 2.05) is 6.07 Å². The van der Waals surface area contributed by atoms with Crippen LogP contribution in [0, 0.1) is 11.2 Å². The standard InChI is InChI=1S/C21H24FN3O3/c22-17-6-4-16(5-7-17)19(26)25-18-3-1-2-15(12-18)13-24-20(27)21(14-23)8-10-28-11-9-21/h1-7,12H,8-11,13-14,23H2,(H,24,27)(H,25,26). The van der Waals surface area contributed by atoms with Gasteiger partial charge in [0.2, 0.25) is 5.91 Å². The van der Waals surface area contributed by atoms with E-state index < -0.39 is 11.2 Å². The maximum atomic E-state index is 13.0. The van der Waals surface area contributed by atoms with E-state index in [9.17, 15) is 14.0 Å². The number of halogens is 1. The Morgan fingerprint density at radius 3 is 2.50 bits per heavy atom. The van der Waals surface area contributed by atoms with Crippen LogP contribution in [-0.4, -0.2) is 31.6 Å². The summed E-state index contributed by atoms with van der Waals surface area (Å²) in [6.45, 7) is 1.70. The van der Waals surface area contributed by atoms with E-state index in [4.69, 9.17) is 10.5 Å². The second-order valence-electron chi connectivity index (χ2n) is 6.94. The van der Waals surface area contributed by atoms with Crippen molar-refractivity contribution in [2.75, 3.05) is 25.1 Å². The van der Waals surface area contributed by atoms with Gasteiger partial charge in [0.1, 0.15) is 5.82 Å². The van der Waals surface area contributed by atoms with Crippen LogP contribution >= 0.6 is 0 Å². The minimum Gasteiger partial charge on any atom is -0.381 e. The molecule has 1 heterocycles. The Labute approximate surface area is 163 Å². The van der Waals surface area contributed by atoms with Crippen LogP contribution in [0.25, 0.3) is 0 Å². The fraction of sp³-hybridized carbons (Fsp3) is 0.333. The lowest BCUT2D eigenvalue weighted by Crippen LogP contribution is -2.48. The van der Waals surface area contributed by atoms with Gasteiger partial charge in [0.05, 0.1) is 5.41 Å². The molecule has 2 aromatic rings. The summed E-state index contributed by atoms with van der Waals surface area (Å²) < 4.78 is 18.3. The van der Waals surface area contributed by atoms with E-state index in [1.165, 1.54) is 24.3 Å². The van der Waals surface area contributed by atoms with E-state index >= 15 is 0 Å². The van der Waals surface area contributed by atoms with Gasteiger partial charge < -0.3 is 21.1 Å². The van der Waals surface area contributed by atoms with Gasteiger partial charge in [-0.25, -0.2) is 4.39 Å². The van der Waals surface area contributed by atoms with Crippen molar-refractivity contribution in [1.82, 2.24) is 5.32 Å². The smallest absolute Gasteiger partial charge is 0.255 e. The molecule has 0 bridgehead atoms. The molecule has 0 radical (unpaired) electrons. The predicted molar refractivity (Wildman–Crippen MR) is 104 cm³/mol. The molecule has 0 aliphatic carbocycles. The number of benzene rings is 2. The first kappa shape index (κ1) is 20.0. The van der Waals surface area contributed by atoms with Crippen LogP contribution in [0.4, 0.5) is 10.1 Å². The van der Waals surface area contributed by atoms with Gasteiger partial charge in [-0.2, -0.15) is 0 Å². The molecule has 1 aliphatic heterocycles. The average Bonchev–Trinajstić information content (AvgIpc) is 2.73. The van der Waals surface area contributed by atoms with Crippen molar-refractivity contribution in [3.05, 3.63) is 65.5 Å². The SMILES string of the molecule is NCC1(C(=O)NCc2cccc(NC(=O)c3ccc(F)cc3)c2)CCOCC1. The summed E-state index contributed by atoms with van der Waals surface area (Å²) in [6, 6.07) is 12.5. The largest absolute Gasteiger partial charge is 0.381 e. The summed E-state index contributed by atoms with van der Waals surface area (Å²) in [6.07, 6.45) is 1.23. The number of hydrogen-bond donors (Lipinski definition) is 3. The van der Waals surface area contributed by atoms with Crippen LogP contribution in [0.3, 0.4) is 0 Å². The highest BCUT2D eigenvalue weighted by molar-refractivity contribution is 6.04. The molecule has 6 nitrogen and oxygen atoms in total. The van der Waals surface area contributed by atoms with E-state index in [0.29, 0.717) is 43.9 Å². The Bertz CT molecular complexity index is 833. The fourth-order valence-electron chi connectivity index (χ4n) is 3.22. The van der Waals surface area contributed by atoms with E-state index in [1.54, 1.807) is 18.2 Å². The first-order chi connectivity index (χ1) is 13.5. The van der Waals surface area contributed by atoms with Gasteiger partial charge >= 0.3 is 0 Å². The molecule has 28 heavy (non-hydrogen) atoms. The molecule has 0 atom stereocenters. The number of nitrogens with one attached hydrogen (secondary N) is 2. The number of ether oxygens (including phenoxy) is 1. The van der Waals surface area contributed by atoms with E-state index in [2.05, 4.69) is 10.6 Å². The molecule has 1 saturated heterocycles. The predicted octanol–water partition coefficient (Wildman–Crippen LogP) is 2.45. The molecule has 2 aromatic carbocycles. The van der Waals surface area contributed by atoms with Crippen LogP contribution < -0.4 is 16.4 Å². The van der Waals surface area contributed by atoms with Gasteiger partial charge in [-0.15, -0.1) is 0 Å². The maximum absolute atomic E-state index is 13.0. The Morgan fingerprint density at radius 2 is 1.82 bits per heavy atom. The van der Waals surface area contributed by atoms with Crippen molar-refractivity contribution in [2.24, 2.45) is 11.1 Å². The topological polar surface area (TPSA) is 93.5 Å². The van der Waals surface area contributed by atoms with Crippen LogP contribution in [0.15, 0.2) is 48.5 Å². The summed E-state index contributed by atoms with van der Waals surface area (Å²) in [5.41, 5.74) is 7.10. The molecule has 0 aromatic heterocycles. The van der Waals surface area contributed by atoms with Crippen molar-refractivity contribution < 1.29 is 18.7 Å². The second kappa shape index (κ2) is 8.95. The van der Waals surface area contributed by atoms with E-state index in [-0.39, 0.29) is 18.4 Å². The summed E-state index contributed by atoms with van der Waals surface area (Å²) in [5.74, 6) is -0.793. The zero-order chi connectivity index (χ0) is 20.0.